The second-order valence-electron chi connectivity index (χ2n) is 9.73. The van der Waals surface area contributed by atoms with Crippen molar-refractivity contribution in [1.29, 1.82) is 0 Å². The van der Waals surface area contributed by atoms with Crippen LogP contribution in [0.25, 0.3) is 21.6 Å². The standard InChI is InChI=1S/C31H30N6O3/c32-35-33-18-7-19-36(30(38)26-14-12-25(13-15-26)24-10-5-2-6-11-24)28-16-17-29-27(20-28)21-37(34-29)31(39)40-22-23-8-3-1-4-9-23/h1-6,8-15,21,28H,7,16-20,22H2. The van der Waals surface area contributed by atoms with E-state index in [4.69, 9.17) is 10.3 Å². The number of nitrogens with zero attached hydrogens (tertiary/aromatic N) is 6. The number of rotatable bonds is 9. The highest BCUT2D eigenvalue weighted by molar-refractivity contribution is 5.95. The van der Waals surface area contributed by atoms with Crippen molar-refractivity contribution in [3.05, 3.63) is 124 Å². The second kappa shape index (κ2) is 12.8. The molecule has 1 aliphatic rings. The summed E-state index contributed by atoms with van der Waals surface area (Å²) in [6, 6.07) is 27.1. The van der Waals surface area contributed by atoms with Crippen molar-refractivity contribution < 1.29 is 14.3 Å². The van der Waals surface area contributed by atoms with Gasteiger partial charge >= 0.3 is 6.09 Å². The lowest BCUT2D eigenvalue weighted by atomic mass is 9.91. The molecular formula is C31H30N6O3. The molecule has 0 radical (unpaired) electrons. The Morgan fingerprint density at radius 2 is 1.70 bits per heavy atom. The fourth-order valence-corrected chi connectivity index (χ4v) is 5.04. The average Bonchev–Trinajstić information content (AvgIpc) is 3.44. The smallest absolute Gasteiger partial charge is 0.435 e. The van der Waals surface area contributed by atoms with Gasteiger partial charge in [0.15, 0.2) is 0 Å². The molecule has 9 heteroatoms. The quantitative estimate of drug-likeness (QED) is 0.106. The summed E-state index contributed by atoms with van der Waals surface area (Å²) >= 11 is 0. The number of ether oxygens (including phenoxy) is 1. The van der Waals surface area contributed by atoms with Crippen molar-refractivity contribution in [2.24, 2.45) is 5.11 Å². The normalized spacial score (nSPS) is 14.1. The van der Waals surface area contributed by atoms with Gasteiger partial charge in [-0.1, -0.05) is 77.9 Å². The molecule has 1 unspecified atom stereocenters. The summed E-state index contributed by atoms with van der Waals surface area (Å²) in [6.07, 6.45) is 3.69. The minimum Gasteiger partial charge on any atom is -0.443 e. The van der Waals surface area contributed by atoms with E-state index in [2.05, 4.69) is 15.1 Å². The average molecular weight is 535 g/mol. The van der Waals surface area contributed by atoms with E-state index in [1.807, 2.05) is 89.8 Å². The number of aromatic nitrogens is 2. The number of benzene rings is 3. The van der Waals surface area contributed by atoms with E-state index >= 15 is 0 Å². The van der Waals surface area contributed by atoms with Crippen LogP contribution in [0.5, 0.6) is 0 Å². The molecule has 0 saturated heterocycles. The number of hydrogen-bond acceptors (Lipinski definition) is 5. The van der Waals surface area contributed by atoms with Gasteiger partial charge in [0.25, 0.3) is 5.91 Å². The summed E-state index contributed by atoms with van der Waals surface area (Å²) in [6.45, 7) is 0.950. The SMILES string of the molecule is [N-]=[N+]=NCCCN(C(=O)c1ccc(-c2ccccc2)cc1)C1CCc2nn(C(=O)OCc3ccccc3)cc2C1. The molecule has 0 saturated carbocycles. The van der Waals surface area contributed by atoms with Crippen LogP contribution >= 0.6 is 0 Å². The number of amides is 1. The van der Waals surface area contributed by atoms with Gasteiger partial charge < -0.3 is 9.64 Å². The first-order valence-electron chi connectivity index (χ1n) is 13.4. The first-order chi connectivity index (χ1) is 19.6. The first-order valence-corrected chi connectivity index (χ1v) is 13.4. The molecule has 5 rings (SSSR count). The molecule has 4 aromatic rings. The second-order valence-corrected chi connectivity index (χ2v) is 9.73. The number of fused-ring (bicyclic) bond motifs is 1. The van der Waals surface area contributed by atoms with Gasteiger partial charge in [-0.05, 0) is 65.6 Å². The van der Waals surface area contributed by atoms with Gasteiger partial charge in [0.1, 0.15) is 6.61 Å². The minimum atomic E-state index is -0.532. The largest absolute Gasteiger partial charge is 0.443 e. The molecule has 0 spiro atoms. The molecule has 0 fully saturated rings. The van der Waals surface area contributed by atoms with E-state index in [1.54, 1.807) is 6.20 Å². The summed E-state index contributed by atoms with van der Waals surface area (Å²) in [5.41, 5.74) is 14.1. The molecular weight excluding hydrogens is 504 g/mol. The fraction of sp³-hybridized carbons (Fsp3) is 0.258. The topological polar surface area (TPSA) is 113 Å². The molecule has 1 amide bonds. The Kier molecular flexibility index (Phi) is 8.53. The molecule has 3 aromatic carbocycles. The van der Waals surface area contributed by atoms with Crippen LogP contribution < -0.4 is 0 Å². The maximum atomic E-state index is 13.7. The summed E-state index contributed by atoms with van der Waals surface area (Å²) in [5.74, 6) is -0.0661. The fourth-order valence-electron chi connectivity index (χ4n) is 5.04. The molecule has 1 heterocycles. The third kappa shape index (κ3) is 6.39. The molecule has 9 nitrogen and oxygen atoms in total. The van der Waals surface area contributed by atoms with Crippen molar-refractivity contribution >= 4 is 12.0 Å². The number of carbonyl (C=O) groups is 2. The number of azide groups is 1. The minimum absolute atomic E-state index is 0.0661. The van der Waals surface area contributed by atoms with Gasteiger partial charge in [0.05, 0.1) is 5.69 Å². The van der Waals surface area contributed by atoms with E-state index in [-0.39, 0.29) is 18.6 Å². The van der Waals surface area contributed by atoms with Crippen LogP contribution in [0.15, 0.2) is 96.2 Å². The maximum absolute atomic E-state index is 13.7. The van der Waals surface area contributed by atoms with E-state index in [1.165, 1.54) is 4.68 Å². The molecule has 40 heavy (non-hydrogen) atoms. The highest BCUT2D eigenvalue weighted by Crippen LogP contribution is 2.26. The van der Waals surface area contributed by atoms with E-state index < -0.39 is 6.09 Å². The highest BCUT2D eigenvalue weighted by atomic mass is 16.6. The summed E-state index contributed by atoms with van der Waals surface area (Å²) < 4.78 is 6.69. The third-order valence-corrected chi connectivity index (χ3v) is 7.10. The zero-order chi connectivity index (χ0) is 27.7. The third-order valence-electron chi connectivity index (χ3n) is 7.10. The lowest BCUT2D eigenvalue weighted by Gasteiger charge is -2.34. The number of aryl methyl sites for hydroxylation is 1. The predicted molar refractivity (Wildman–Crippen MR) is 152 cm³/mol. The van der Waals surface area contributed by atoms with Crippen LogP contribution in [-0.2, 0) is 24.2 Å². The first kappa shape index (κ1) is 26.7. The maximum Gasteiger partial charge on any atom is 0.435 e. The Balaban J connectivity index is 1.29. The van der Waals surface area contributed by atoms with Gasteiger partial charge in [0.2, 0.25) is 0 Å². The Hall–Kier alpha value is -4.88. The molecule has 1 atom stereocenters. The van der Waals surface area contributed by atoms with Crippen LogP contribution in [0.4, 0.5) is 4.79 Å². The Morgan fingerprint density at radius 1 is 1.00 bits per heavy atom. The molecule has 0 bridgehead atoms. The van der Waals surface area contributed by atoms with Crippen molar-refractivity contribution in [3.63, 3.8) is 0 Å². The molecule has 202 valence electrons. The molecule has 0 aliphatic heterocycles. The molecule has 0 N–H and O–H groups in total. The van der Waals surface area contributed by atoms with Gasteiger partial charge in [-0.25, -0.2) is 4.79 Å². The zero-order valence-corrected chi connectivity index (χ0v) is 22.1. The summed E-state index contributed by atoms with van der Waals surface area (Å²) in [7, 11) is 0. The van der Waals surface area contributed by atoms with Crippen molar-refractivity contribution in [1.82, 2.24) is 14.7 Å². The number of hydrogen-bond donors (Lipinski definition) is 0. The predicted octanol–water partition coefficient (Wildman–Crippen LogP) is 6.44. The van der Waals surface area contributed by atoms with E-state index in [0.717, 1.165) is 34.4 Å². The van der Waals surface area contributed by atoms with Gasteiger partial charge in [0, 0.05) is 35.8 Å². The monoisotopic (exact) mass is 534 g/mol. The highest BCUT2D eigenvalue weighted by Gasteiger charge is 2.30. The molecule has 1 aliphatic carbocycles. The summed E-state index contributed by atoms with van der Waals surface area (Å²) in [5, 5.41) is 8.11. The van der Waals surface area contributed by atoms with Crippen molar-refractivity contribution in [2.45, 2.75) is 38.3 Å². The van der Waals surface area contributed by atoms with Gasteiger partial charge in [-0.2, -0.15) is 9.78 Å². The molecule has 1 aromatic heterocycles. The van der Waals surface area contributed by atoms with Crippen LogP contribution in [0, 0.1) is 0 Å². The van der Waals surface area contributed by atoms with Crippen molar-refractivity contribution in [2.75, 3.05) is 13.1 Å². The Morgan fingerprint density at radius 3 is 2.42 bits per heavy atom. The van der Waals surface area contributed by atoms with Crippen LogP contribution in [0.1, 0.15) is 40.0 Å². The number of carbonyl (C=O) groups excluding carboxylic acids is 2. The Bertz CT molecular complexity index is 1500. The van der Waals surface area contributed by atoms with Gasteiger partial charge in [-0.3, -0.25) is 4.79 Å². The Labute approximate surface area is 232 Å². The van der Waals surface area contributed by atoms with Gasteiger partial charge in [-0.15, -0.1) is 0 Å². The van der Waals surface area contributed by atoms with Crippen LogP contribution in [0.2, 0.25) is 0 Å². The lowest BCUT2D eigenvalue weighted by Crippen LogP contribution is -2.44. The van der Waals surface area contributed by atoms with Crippen LogP contribution in [-0.4, -0.2) is 45.8 Å². The van der Waals surface area contributed by atoms with Crippen molar-refractivity contribution in [3.8, 4) is 11.1 Å². The summed E-state index contributed by atoms with van der Waals surface area (Å²) in [4.78, 5) is 31.1. The zero-order valence-electron chi connectivity index (χ0n) is 22.1. The van der Waals surface area contributed by atoms with Crippen LogP contribution in [0.3, 0.4) is 0 Å². The van der Waals surface area contributed by atoms with E-state index in [0.29, 0.717) is 37.9 Å². The lowest BCUT2D eigenvalue weighted by molar-refractivity contribution is 0.0660. The van der Waals surface area contributed by atoms with E-state index in [9.17, 15) is 9.59 Å².